The Balaban J connectivity index is 1.89. The molecule has 2 N–H and O–H groups in total. The van der Waals surface area contributed by atoms with E-state index >= 15 is 0 Å². The molecule has 5 nitrogen and oxygen atoms in total. The average molecular weight is 261 g/mol. The number of rotatable bonds is 2. The molecule has 1 aromatic heterocycles. The van der Waals surface area contributed by atoms with Crippen LogP contribution in [0.3, 0.4) is 0 Å². The van der Waals surface area contributed by atoms with E-state index in [-0.39, 0.29) is 24.0 Å². The molecule has 3 rings (SSSR count). The number of nitrogens with zero attached hydrogens (tertiary/aromatic N) is 2. The van der Waals surface area contributed by atoms with Gasteiger partial charge in [0.2, 0.25) is 5.88 Å². The third-order valence-electron chi connectivity index (χ3n) is 4.20. The molecule has 1 amide bonds. The smallest absolute Gasteiger partial charge is 0.259 e. The summed E-state index contributed by atoms with van der Waals surface area (Å²) in [5.74, 6) is 0.436. The van der Waals surface area contributed by atoms with Crippen LogP contribution < -0.4 is 10.5 Å². The third kappa shape index (κ3) is 2.08. The van der Waals surface area contributed by atoms with E-state index in [0.29, 0.717) is 11.4 Å². The lowest BCUT2D eigenvalue weighted by molar-refractivity contribution is 0.0571. The van der Waals surface area contributed by atoms with E-state index in [1.165, 1.54) is 0 Å². The van der Waals surface area contributed by atoms with Crippen LogP contribution in [0.2, 0.25) is 0 Å². The molecule has 2 aliphatic rings. The Morgan fingerprint density at radius 1 is 1.42 bits per heavy atom. The Morgan fingerprint density at radius 3 is 2.74 bits per heavy atom. The number of methoxy groups -OCH3 is 1. The number of hydrogen-bond acceptors (Lipinski definition) is 4. The monoisotopic (exact) mass is 261 g/mol. The highest BCUT2D eigenvalue weighted by atomic mass is 16.5. The minimum atomic E-state index is 0.0318. The number of hydrogen-bond donors (Lipinski definition) is 1. The quantitative estimate of drug-likeness (QED) is 0.868. The molecule has 0 saturated carbocycles. The van der Waals surface area contributed by atoms with Crippen molar-refractivity contribution in [3.05, 3.63) is 23.9 Å². The first-order valence-electron chi connectivity index (χ1n) is 6.78. The molecule has 2 atom stereocenters. The predicted octanol–water partition coefficient (Wildman–Crippen LogP) is 1.18. The number of carbonyl (C=O) groups excluding carboxylic acids is 1. The van der Waals surface area contributed by atoms with Crippen molar-refractivity contribution in [1.29, 1.82) is 0 Å². The first-order valence-corrected chi connectivity index (χ1v) is 6.78. The van der Waals surface area contributed by atoms with E-state index in [9.17, 15) is 4.79 Å². The van der Waals surface area contributed by atoms with Crippen molar-refractivity contribution >= 4 is 5.91 Å². The Kier molecular flexibility index (Phi) is 3.14. The van der Waals surface area contributed by atoms with E-state index in [2.05, 4.69) is 4.98 Å². The largest absolute Gasteiger partial charge is 0.480 e. The number of carbonyl (C=O) groups is 1. The molecule has 2 bridgehead atoms. The molecule has 3 heterocycles. The van der Waals surface area contributed by atoms with Gasteiger partial charge in [0.15, 0.2) is 0 Å². The molecule has 102 valence electrons. The van der Waals surface area contributed by atoms with Crippen molar-refractivity contribution in [3.63, 3.8) is 0 Å². The van der Waals surface area contributed by atoms with Gasteiger partial charge in [-0.2, -0.15) is 0 Å². The van der Waals surface area contributed by atoms with Gasteiger partial charge < -0.3 is 15.4 Å². The number of nitrogens with two attached hydrogens (primary N) is 1. The second-order valence-corrected chi connectivity index (χ2v) is 5.39. The van der Waals surface area contributed by atoms with Gasteiger partial charge in [-0.05, 0) is 37.8 Å². The van der Waals surface area contributed by atoms with Gasteiger partial charge in [0.25, 0.3) is 5.91 Å². The van der Waals surface area contributed by atoms with E-state index in [1.54, 1.807) is 25.4 Å². The van der Waals surface area contributed by atoms with Crippen molar-refractivity contribution in [2.75, 3.05) is 7.11 Å². The van der Waals surface area contributed by atoms with E-state index in [4.69, 9.17) is 10.5 Å². The standard InChI is InChI=1S/C14H19N3O2/c1-19-13-12(3-2-6-16-13)14(18)17-10-4-5-11(17)8-9(15)7-10/h2-3,6,9-11H,4-5,7-8,15H2,1H3. The molecule has 0 spiro atoms. The summed E-state index contributed by atoms with van der Waals surface area (Å²) in [5, 5.41) is 0. The first-order chi connectivity index (χ1) is 9.20. The molecule has 19 heavy (non-hydrogen) atoms. The molecule has 5 heteroatoms. The fourth-order valence-corrected chi connectivity index (χ4v) is 3.41. The van der Waals surface area contributed by atoms with Gasteiger partial charge in [-0.3, -0.25) is 4.79 Å². The Hall–Kier alpha value is -1.62. The maximum absolute atomic E-state index is 12.7. The number of ether oxygens (including phenoxy) is 1. The van der Waals surface area contributed by atoms with Gasteiger partial charge in [0.05, 0.1) is 7.11 Å². The number of piperidine rings is 1. The van der Waals surface area contributed by atoms with Crippen molar-refractivity contribution < 1.29 is 9.53 Å². The van der Waals surface area contributed by atoms with E-state index in [0.717, 1.165) is 25.7 Å². The third-order valence-corrected chi connectivity index (χ3v) is 4.20. The normalized spacial score (nSPS) is 29.4. The molecule has 2 aliphatic heterocycles. The zero-order valence-corrected chi connectivity index (χ0v) is 11.1. The highest BCUT2D eigenvalue weighted by molar-refractivity contribution is 5.97. The van der Waals surface area contributed by atoms with Gasteiger partial charge in [0, 0.05) is 24.3 Å². The minimum absolute atomic E-state index is 0.0318. The van der Waals surface area contributed by atoms with Crippen LogP contribution in [0.5, 0.6) is 5.88 Å². The molecule has 1 aromatic rings. The maximum atomic E-state index is 12.7. The zero-order chi connectivity index (χ0) is 13.4. The maximum Gasteiger partial charge on any atom is 0.259 e. The van der Waals surface area contributed by atoms with Crippen molar-refractivity contribution in [2.24, 2.45) is 5.73 Å². The molecular weight excluding hydrogens is 242 g/mol. The van der Waals surface area contributed by atoms with Gasteiger partial charge >= 0.3 is 0 Å². The SMILES string of the molecule is COc1ncccc1C(=O)N1C2CCC1CC(N)C2. The summed E-state index contributed by atoms with van der Waals surface area (Å²) >= 11 is 0. The van der Waals surface area contributed by atoms with Gasteiger partial charge in [0.1, 0.15) is 5.56 Å². The summed E-state index contributed by atoms with van der Waals surface area (Å²) in [5.41, 5.74) is 6.59. The highest BCUT2D eigenvalue weighted by Crippen LogP contribution is 2.36. The highest BCUT2D eigenvalue weighted by Gasteiger charge is 2.43. The number of aromatic nitrogens is 1. The van der Waals surface area contributed by atoms with Crippen LogP contribution in [-0.2, 0) is 0 Å². The van der Waals surface area contributed by atoms with Crippen LogP contribution in [0.25, 0.3) is 0 Å². The molecule has 0 radical (unpaired) electrons. The number of pyridine rings is 1. The zero-order valence-electron chi connectivity index (χ0n) is 11.1. The lowest BCUT2D eigenvalue weighted by Gasteiger charge is -2.37. The summed E-state index contributed by atoms with van der Waals surface area (Å²) < 4.78 is 5.19. The first kappa shape index (κ1) is 12.4. The van der Waals surface area contributed by atoms with Crippen LogP contribution in [0, 0.1) is 0 Å². The van der Waals surface area contributed by atoms with Crippen molar-refractivity contribution in [2.45, 2.75) is 43.8 Å². The molecule has 2 fully saturated rings. The van der Waals surface area contributed by atoms with Gasteiger partial charge in [-0.1, -0.05) is 0 Å². The Bertz CT molecular complexity index is 477. The van der Waals surface area contributed by atoms with Crippen LogP contribution in [0.15, 0.2) is 18.3 Å². The number of amides is 1. The average Bonchev–Trinajstić information content (AvgIpc) is 2.70. The molecule has 0 aliphatic carbocycles. The lowest BCUT2D eigenvalue weighted by Crippen LogP contribution is -2.50. The van der Waals surface area contributed by atoms with E-state index in [1.807, 2.05) is 4.90 Å². The topological polar surface area (TPSA) is 68.5 Å². The second kappa shape index (κ2) is 4.81. The summed E-state index contributed by atoms with van der Waals surface area (Å²) in [7, 11) is 1.54. The van der Waals surface area contributed by atoms with Crippen LogP contribution in [0.4, 0.5) is 0 Å². The van der Waals surface area contributed by atoms with Gasteiger partial charge in [-0.25, -0.2) is 4.98 Å². The van der Waals surface area contributed by atoms with Crippen molar-refractivity contribution in [1.82, 2.24) is 9.88 Å². The predicted molar refractivity (Wildman–Crippen MR) is 71.0 cm³/mol. The summed E-state index contributed by atoms with van der Waals surface area (Å²) in [6.07, 6.45) is 5.57. The van der Waals surface area contributed by atoms with Crippen LogP contribution >= 0.6 is 0 Å². The Labute approximate surface area is 112 Å². The molecule has 2 unspecified atom stereocenters. The molecular formula is C14H19N3O2. The van der Waals surface area contributed by atoms with Crippen LogP contribution in [0.1, 0.15) is 36.0 Å². The number of fused-ring (bicyclic) bond motifs is 2. The van der Waals surface area contributed by atoms with Gasteiger partial charge in [-0.15, -0.1) is 0 Å². The van der Waals surface area contributed by atoms with E-state index < -0.39 is 0 Å². The summed E-state index contributed by atoms with van der Waals surface area (Å²) in [4.78, 5) is 18.8. The Morgan fingerprint density at radius 2 is 2.11 bits per heavy atom. The second-order valence-electron chi connectivity index (χ2n) is 5.39. The summed E-state index contributed by atoms with van der Waals surface area (Å²) in [6.45, 7) is 0. The molecule has 2 saturated heterocycles. The van der Waals surface area contributed by atoms with Crippen molar-refractivity contribution in [3.8, 4) is 5.88 Å². The lowest BCUT2D eigenvalue weighted by atomic mass is 9.97. The molecule has 0 aromatic carbocycles. The fraction of sp³-hybridized carbons (Fsp3) is 0.571. The summed E-state index contributed by atoms with van der Waals surface area (Å²) in [6, 6.07) is 4.35. The fourth-order valence-electron chi connectivity index (χ4n) is 3.41. The van der Waals surface area contributed by atoms with Crippen LogP contribution in [-0.4, -0.2) is 41.0 Å². The minimum Gasteiger partial charge on any atom is -0.480 e.